The fraction of sp³-hybridized carbons (Fsp3) is 0.412. The molecule has 1 aromatic carbocycles. The molecule has 1 atom stereocenters. The number of nitrogens with zero attached hydrogens (tertiary/aromatic N) is 1. The average molecular weight is 257 g/mol. The Kier molecular flexibility index (Phi) is 3.52. The van der Waals surface area contributed by atoms with E-state index in [1.54, 1.807) is 6.08 Å². The van der Waals surface area contributed by atoms with Crippen LogP contribution in [0.2, 0.25) is 0 Å². The standard InChI is InChI=1S/C17H20FN/c18-17(19-12-4-5-13-19)10-8-16(9-11-17)14-15-6-2-1-3-7-15/h1-3,6-10H,4-5,11-14H2. The maximum absolute atomic E-state index is 14.8. The maximum atomic E-state index is 14.8. The normalized spacial score (nSPS) is 27.5. The number of alkyl halides is 1. The Morgan fingerprint density at radius 2 is 1.84 bits per heavy atom. The summed E-state index contributed by atoms with van der Waals surface area (Å²) in [7, 11) is 0. The van der Waals surface area contributed by atoms with Gasteiger partial charge in [0.05, 0.1) is 0 Å². The molecule has 19 heavy (non-hydrogen) atoms. The van der Waals surface area contributed by atoms with Gasteiger partial charge < -0.3 is 0 Å². The van der Waals surface area contributed by atoms with Gasteiger partial charge in [0.15, 0.2) is 5.79 Å². The fourth-order valence-corrected chi connectivity index (χ4v) is 2.93. The maximum Gasteiger partial charge on any atom is 0.186 e. The molecule has 2 heteroatoms. The molecule has 1 saturated heterocycles. The number of hydrogen-bond acceptors (Lipinski definition) is 1. The molecule has 3 rings (SSSR count). The van der Waals surface area contributed by atoms with Crippen molar-refractivity contribution in [2.24, 2.45) is 0 Å². The lowest BCUT2D eigenvalue weighted by Crippen LogP contribution is -2.42. The Morgan fingerprint density at radius 1 is 1.11 bits per heavy atom. The molecule has 1 heterocycles. The zero-order chi connectivity index (χ0) is 13.1. The van der Waals surface area contributed by atoms with Crippen molar-refractivity contribution in [1.29, 1.82) is 0 Å². The third-order valence-electron chi connectivity index (χ3n) is 4.09. The minimum Gasteiger partial charge on any atom is -0.268 e. The zero-order valence-electron chi connectivity index (χ0n) is 11.2. The van der Waals surface area contributed by atoms with Gasteiger partial charge in [0.1, 0.15) is 0 Å². The third kappa shape index (κ3) is 2.79. The van der Waals surface area contributed by atoms with Gasteiger partial charge in [0.2, 0.25) is 0 Å². The van der Waals surface area contributed by atoms with Gasteiger partial charge in [0, 0.05) is 19.5 Å². The van der Waals surface area contributed by atoms with Crippen LogP contribution in [-0.4, -0.2) is 23.8 Å². The molecule has 100 valence electrons. The molecule has 1 aliphatic heterocycles. The molecular weight excluding hydrogens is 237 g/mol. The van der Waals surface area contributed by atoms with Crippen LogP contribution in [-0.2, 0) is 6.42 Å². The van der Waals surface area contributed by atoms with Gasteiger partial charge in [0.25, 0.3) is 0 Å². The fourth-order valence-electron chi connectivity index (χ4n) is 2.93. The summed E-state index contributed by atoms with van der Waals surface area (Å²) in [5, 5.41) is 0. The van der Waals surface area contributed by atoms with E-state index in [2.05, 4.69) is 18.2 Å². The number of rotatable bonds is 3. The summed E-state index contributed by atoms with van der Waals surface area (Å²) in [4.78, 5) is 1.97. The summed E-state index contributed by atoms with van der Waals surface area (Å²) in [6, 6.07) is 10.4. The first-order valence-corrected chi connectivity index (χ1v) is 7.12. The second kappa shape index (κ2) is 5.30. The van der Waals surface area contributed by atoms with Crippen LogP contribution in [0.15, 0.2) is 54.1 Å². The molecule has 1 aliphatic carbocycles. The van der Waals surface area contributed by atoms with Gasteiger partial charge in [-0.15, -0.1) is 0 Å². The highest BCUT2D eigenvalue weighted by atomic mass is 19.1. The minimum atomic E-state index is -1.24. The second-order valence-corrected chi connectivity index (χ2v) is 5.49. The molecule has 0 amide bonds. The van der Waals surface area contributed by atoms with Gasteiger partial charge in [-0.05, 0) is 36.5 Å². The molecule has 1 unspecified atom stereocenters. The first kappa shape index (κ1) is 12.6. The predicted octanol–water partition coefficient (Wildman–Crippen LogP) is 3.88. The first-order valence-electron chi connectivity index (χ1n) is 7.12. The van der Waals surface area contributed by atoms with Gasteiger partial charge in [-0.25, -0.2) is 4.39 Å². The van der Waals surface area contributed by atoms with E-state index in [0.717, 1.165) is 32.4 Å². The molecule has 2 aliphatic rings. The van der Waals surface area contributed by atoms with E-state index in [-0.39, 0.29) is 0 Å². The minimum absolute atomic E-state index is 0.492. The molecule has 0 aromatic heterocycles. The molecule has 1 fully saturated rings. The first-order chi connectivity index (χ1) is 9.26. The summed E-state index contributed by atoms with van der Waals surface area (Å²) in [5.74, 6) is -1.24. The van der Waals surface area contributed by atoms with Crippen LogP contribution in [0.25, 0.3) is 0 Å². The summed E-state index contributed by atoms with van der Waals surface area (Å²) >= 11 is 0. The van der Waals surface area contributed by atoms with Crippen LogP contribution in [0.1, 0.15) is 24.8 Å². The smallest absolute Gasteiger partial charge is 0.186 e. The van der Waals surface area contributed by atoms with Crippen molar-refractivity contribution in [1.82, 2.24) is 4.90 Å². The van der Waals surface area contributed by atoms with Crippen LogP contribution in [0.5, 0.6) is 0 Å². The molecular formula is C17H20FN. The lowest BCUT2D eigenvalue weighted by atomic mass is 9.95. The largest absolute Gasteiger partial charge is 0.268 e. The topological polar surface area (TPSA) is 3.24 Å². The Morgan fingerprint density at radius 3 is 2.47 bits per heavy atom. The molecule has 0 N–H and O–H groups in total. The zero-order valence-corrected chi connectivity index (χ0v) is 11.2. The third-order valence-corrected chi connectivity index (χ3v) is 4.09. The van der Waals surface area contributed by atoms with E-state index in [9.17, 15) is 4.39 Å². The average Bonchev–Trinajstić information content (AvgIpc) is 2.98. The van der Waals surface area contributed by atoms with Gasteiger partial charge in [-0.2, -0.15) is 0 Å². The van der Waals surface area contributed by atoms with Crippen LogP contribution in [0.3, 0.4) is 0 Å². The summed E-state index contributed by atoms with van der Waals surface area (Å²) < 4.78 is 14.8. The van der Waals surface area contributed by atoms with Crippen LogP contribution in [0, 0.1) is 0 Å². The van der Waals surface area contributed by atoms with Crippen molar-refractivity contribution >= 4 is 0 Å². The second-order valence-electron chi connectivity index (χ2n) is 5.49. The SMILES string of the molecule is FC1(N2CCCC2)C=CC(Cc2ccccc2)=CC1. The summed E-state index contributed by atoms with van der Waals surface area (Å²) in [5.41, 5.74) is 2.50. The van der Waals surface area contributed by atoms with Crippen molar-refractivity contribution < 1.29 is 4.39 Å². The molecule has 1 aromatic rings. The number of hydrogen-bond donors (Lipinski definition) is 0. The van der Waals surface area contributed by atoms with Gasteiger partial charge in [-0.1, -0.05) is 42.5 Å². The van der Waals surface area contributed by atoms with E-state index in [1.807, 2.05) is 29.2 Å². The van der Waals surface area contributed by atoms with Crippen molar-refractivity contribution in [3.8, 4) is 0 Å². The Hall–Kier alpha value is -1.41. The predicted molar refractivity (Wildman–Crippen MR) is 76.6 cm³/mol. The Balaban J connectivity index is 1.66. The Labute approximate surface area is 114 Å². The Bertz CT molecular complexity index is 485. The number of halogens is 1. The highest BCUT2D eigenvalue weighted by molar-refractivity contribution is 5.33. The lowest BCUT2D eigenvalue weighted by Gasteiger charge is -2.33. The molecule has 0 spiro atoms. The highest BCUT2D eigenvalue weighted by Gasteiger charge is 2.36. The van der Waals surface area contributed by atoms with Crippen LogP contribution < -0.4 is 0 Å². The van der Waals surface area contributed by atoms with Crippen molar-refractivity contribution in [2.45, 2.75) is 31.5 Å². The van der Waals surface area contributed by atoms with E-state index < -0.39 is 5.79 Å². The van der Waals surface area contributed by atoms with Crippen LogP contribution in [0.4, 0.5) is 4.39 Å². The quantitative estimate of drug-likeness (QED) is 0.743. The van der Waals surface area contributed by atoms with E-state index in [4.69, 9.17) is 0 Å². The lowest BCUT2D eigenvalue weighted by molar-refractivity contribution is 0.0298. The number of allylic oxidation sites excluding steroid dienone is 2. The van der Waals surface area contributed by atoms with Crippen molar-refractivity contribution in [2.75, 3.05) is 13.1 Å². The van der Waals surface area contributed by atoms with Gasteiger partial charge >= 0.3 is 0 Å². The van der Waals surface area contributed by atoms with E-state index >= 15 is 0 Å². The number of likely N-dealkylation sites (tertiary alicyclic amines) is 1. The van der Waals surface area contributed by atoms with E-state index in [1.165, 1.54) is 11.1 Å². The van der Waals surface area contributed by atoms with Gasteiger partial charge in [-0.3, -0.25) is 4.90 Å². The highest BCUT2D eigenvalue weighted by Crippen LogP contribution is 2.32. The molecule has 0 bridgehead atoms. The van der Waals surface area contributed by atoms with Crippen LogP contribution >= 0.6 is 0 Å². The summed E-state index contributed by atoms with van der Waals surface area (Å²) in [6.45, 7) is 1.78. The molecule has 0 saturated carbocycles. The van der Waals surface area contributed by atoms with E-state index in [0.29, 0.717) is 6.42 Å². The van der Waals surface area contributed by atoms with Crippen molar-refractivity contribution in [3.05, 3.63) is 59.7 Å². The van der Waals surface area contributed by atoms with Crippen molar-refractivity contribution in [3.63, 3.8) is 0 Å². The molecule has 1 nitrogen and oxygen atoms in total. The monoisotopic (exact) mass is 257 g/mol. The summed E-state index contributed by atoms with van der Waals surface area (Å²) in [6.07, 6.45) is 9.43. The molecule has 0 radical (unpaired) electrons. The number of benzene rings is 1.